The molecule has 41 heavy (non-hydrogen) atoms. The van der Waals surface area contributed by atoms with Crippen LogP contribution in [0.25, 0.3) is 5.65 Å². The topological polar surface area (TPSA) is 127 Å². The van der Waals surface area contributed by atoms with E-state index in [1.165, 1.54) is 10.7 Å². The summed E-state index contributed by atoms with van der Waals surface area (Å²) in [7, 11) is 0. The number of aryl methyl sites for hydroxylation is 1. The van der Waals surface area contributed by atoms with E-state index >= 15 is 0 Å². The third-order valence-corrected chi connectivity index (χ3v) is 7.71. The van der Waals surface area contributed by atoms with E-state index in [1.807, 2.05) is 0 Å². The molecule has 0 saturated heterocycles. The van der Waals surface area contributed by atoms with E-state index in [0.29, 0.717) is 29.0 Å². The van der Waals surface area contributed by atoms with Gasteiger partial charge in [0.2, 0.25) is 11.8 Å². The highest BCUT2D eigenvalue weighted by Crippen LogP contribution is 2.43. The molecule has 2 aliphatic rings. The van der Waals surface area contributed by atoms with E-state index in [2.05, 4.69) is 31.0 Å². The molecule has 0 aromatic carbocycles. The maximum atomic E-state index is 13.9. The molecule has 2 fully saturated rings. The first-order valence-corrected chi connectivity index (χ1v) is 13.6. The van der Waals surface area contributed by atoms with Gasteiger partial charge >= 0.3 is 6.18 Å². The van der Waals surface area contributed by atoms with Crippen LogP contribution >= 0.6 is 0 Å². The van der Waals surface area contributed by atoms with Gasteiger partial charge in [0.25, 0.3) is 5.91 Å². The van der Waals surface area contributed by atoms with E-state index in [0.717, 1.165) is 12.8 Å². The van der Waals surface area contributed by atoms with Gasteiger partial charge in [-0.3, -0.25) is 9.59 Å². The summed E-state index contributed by atoms with van der Waals surface area (Å²) in [6.07, 6.45) is -1.46. The highest BCUT2D eigenvalue weighted by molar-refractivity contribution is 5.93. The molecule has 15 heteroatoms. The van der Waals surface area contributed by atoms with Crippen molar-refractivity contribution in [2.24, 2.45) is 11.8 Å². The fourth-order valence-electron chi connectivity index (χ4n) is 5.28. The second kappa shape index (κ2) is 11.3. The number of nitrogens with zero attached hydrogens (tertiary/aromatic N) is 5. The van der Waals surface area contributed by atoms with Crippen molar-refractivity contribution in [3.63, 3.8) is 0 Å². The van der Waals surface area contributed by atoms with Gasteiger partial charge in [0.15, 0.2) is 11.3 Å². The van der Waals surface area contributed by atoms with Crippen molar-refractivity contribution >= 4 is 17.5 Å². The Kier molecular flexibility index (Phi) is 7.97. The third kappa shape index (κ3) is 6.99. The van der Waals surface area contributed by atoms with E-state index in [4.69, 9.17) is 4.63 Å². The molecule has 2 atom stereocenters. The quantitative estimate of drug-likeness (QED) is 0.326. The lowest BCUT2D eigenvalue weighted by Crippen LogP contribution is -2.37. The SMILES string of the molecule is CCc1nonc1C(=O)N[C@H](c1cn2ncc([C@H](NC(=O)CCC(F)(F)F)C3CC3)cc2n1)C1CCC(F)(F)CC1. The van der Waals surface area contributed by atoms with Crippen molar-refractivity contribution in [1.82, 2.24) is 35.5 Å². The summed E-state index contributed by atoms with van der Waals surface area (Å²) in [5, 5.41) is 17.4. The predicted octanol–water partition coefficient (Wildman–Crippen LogP) is 4.88. The number of aromatic nitrogens is 5. The Bertz CT molecular complexity index is 1390. The minimum absolute atomic E-state index is 0.0105. The van der Waals surface area contributed by atoms with Crippen LogP contribution in [0.5, 0.6) is 0 Å². The van der Waals surface area contributed by atoms with Gasteiger partial charge in [-0.05, 0) is 60.7 Å². The molecule has 0 spiro atoms. The standard InChI is InChI=1S/C26H30F5N7O3/c1-2-17-23(37-41-36-17)24(40)35-22(15-5-8-25(27,28)9-6-15)18-13-38-19(33-18)11-16(12-32-38)21(14-3-4-14)34-20(39)7-10-26(29,30)31/h11-15,21-22H,2-10H2,1H3,(H,34,39)(H,35,40)/t21-,22+/m1/s1. The lowest BCUT2D eigenvalue weighted by Gasteiger charge is -2.33. The number of hydrogen-bond donors (Lipinski definition) is 2. The molecule has 0 bridgehead atoms. The van der Waals surface area contributed by atoms with Gasteiger partial charge in [-0.25, -0.2) is 22.9 Å². The summed E-state index contributed by atoms with van der Waals surface area (Å²) in [6.45, 7) is 1.79. The number of alkyl halides is 5. The van der Waals surface area contributed by atoms with Gasteiger partial charge in [0.05, 0.1) is 36.6 Å². The van der Waals surface area contributed by atoms with Gasteiger partial charge in [-0.15, -0.1) is 0 Å². The molecule has 3 heterocycles. The van der Waals surface area contributed by atoms with Crippen LogP contribution in [0.3, 0.4) is 0 Å². The first-order chi connectivity index (χ1) is 19.4. The molecule has 10 nitrogen and oxygen atoms in total. The molecular formula is C26H30F5N7O3. The molecule has 222 valence electrons. The molecule has 5 rings (SSSR count). The van der Waals surface area contributed by atoms with Crippen molar-refractivity contribution < 1.29 is 36.2 Å². The molecule has 3 aromatic rings. The van der Waals surface area contributed by atoms with Crippen molar-refractivity contribution in [2.45, 2.75) is 88.9 Å². The summed E-state index contributed by atoms with van der Waals surface area (Å²) >= 11 is 0. The molecule has 0 unspecified atom stereocenters. The zero-order valence-corrected chi connectivity index (χ0v) is 22.3. The van der Waals surface area contributed by atoms with Crippen LogP contribution in [-0.2, 0) is 11.2 Å². The second-order valence-electron chi connectivity index (χ2n) is 10.8. The van der Waals surface area contributed by atoms with Crippen molar-refractivity contribution in [1.29, 1.82) is 0 Å². The summed E-state index contributed by atoms with van der Waals surface area (Å²) < 4.78 is 71.8. The van der Waals surface area contributed by atoms with E-state index in [-0.39, 0.29) is 43.2 Å². The lowest BCUT2D eigenvalue weighted by molar-refractivity contribution is -0.144. The van der Waals surface area contributed by atoms with Crippen molar-refractivity contribution in [3.8, 4) is 0 Å². The zero-order valence-electron chi connectivity index (χ0n) is 22.3. The van der Waals surface area contributed by atoms with Crippen molar-refractivity contribution in [3.05, 3.63) is 41.1 Å². The summed E-state index contributed by atoms with van der Waals surface area (Å²) in [5.74, 6) is -4.29. The van der Waals surface area contributed by atoms with Gasteiger partial charge < -0.3 is 10.6 Å². The predicted molar refractivity (Wildman–Crippen MR) is 133 cm³/mol. The fourth-order valence-corrected chi connectivity index (χ4v) is 5.28. The summed E-state index contributed by atoms with van der Waals surface area (Å²) in [5.41, 5.74) is 1.75. The fraction of sp³-hybridized carbons (Fsp3) is 0.615. The molecule has 2 saturated carbocycles. The van der Waals surface area contributed by atoms with Crippen LogP contribution in [0.4, 0.5) is 22.0 Å². The second-order valence-corrected chi connectivity index (χ2v) is 10.8. The minimum Gasteiger partial charge on any atom is -0.349 e. The number of imidazole rings is 1. The first-order valence-electron chi connectivity index (χ1n) is 13.6. The van der Waals surface area contributed by atoms with E-state index in [9.17, 15) is 31.5 Å². The minimum atomic E-state index is -4.43. The van der Waals surface area contributed by atoms with E-state index in [1.54, 1.807) is 19.2 Å². The van der Waals surface area contributed by atoms with Gasteiger partial charge in [0, 0.05) is 19.3 Å². The Hall–Kier alpha value is -3.65. The highest BCUT2D eigenvalue weighted by Gasteiger charge is 2.40. The van der Waals surface area contributed by atoms with Crippen LogP contribution in [0.15, 0.2) is 23.1 Å². The zero-order chi connectivity index (χ0) is 29.4. The van der Waals surface area contributed by atoms with Crippen LogP contribution in [-0.4, -0.2) is 48.8 Å². The normalized spacial score (nSPS) is 19.2. The molecule has 2 aliphatic carbocycles. The van der Waals surface area contributed by atoms with Gasteiger partial charge in [-0.2, -0.15) is 18.3 Å². The molecule has 0 aliphatic heterocycles. The number of rotatable bonds is 10. The highest BCUT2D eigenvalue weighted by atomic mass is 19.4. The molecule has 2 N–H and O–H groups in total. The molecular weight excluding hydrogens is 553 g/mol. The molecule has 2 amide bonds. The van der Waals surface area contributed by atoms with E-state index < -0.39 is 48.8 Å². The smallest absolute Gasteiger partial charge is 0.349 e. The maximum absolute atomic E-state index is 13.9. The Morgan fingerprint density at radius 3 is 2.46 bits per heavy atom. The molecule has 0 radical (unpaired) electrons. The number of nitrogens with one attached hydrogen (secondary N) is 2. The average Bonchev–Trinajstić information content (AvgIpc) is 3.48. The summed E-state index contributed by atoms with van der Waals surface area (Å²) in [4.78, 5) is 30.0. The first kappa shape index (κ1) is 28.9. The molecule has 3 aromatic heterocycles. The number of carbonyl (C=O) groups excluding carboxylic acids is 2. The average molecular weight is 584 g/mol. The number of halogens is 5. The van der Waals surface area contributed by atoms with Crippen LogP contribution in [0, 0.1) is 11.8 Å². The Balaban J connectivity index is 1.40. The number of carbonyl (C=O) groups is 2. The number of hydrogen-bond acceptors (Lipinski definition) is 7. The van der Waals surface area contributed by atoms with Gasteiger partial charge in [0.1, 0.15) is 5.69 Å². The Morgan fingerprint density at radius 1 is 1.10 bits per heavy atom. The van der Waals surface area contributed by atoms with Crippen LogP contribution in [0.1, 0.15) is 97.8 Å². The summed E-state index contributed by atoms with van der Waals surface area (Å²) in [6, 6.07) is 0.441. The number of amides is 2. The third-order valence-electron chi connectivity index (χ3n) is 7.71. The Labute approximate surface area is 231 Å². The largest absolute Gasteiger partial charge is 0.389 e. The Morgan fingerprint density at radius 2 is 1.80 bits per heavy atom. The van der Waals surface area contributed by atoms with Crippen molar-refractivity contribution in [2.75, 3.05) is 0 Å². The van der Waals surface area contributed by atoms with Gasteiger partial charge in [-0.1, -0.05) is 12.1 Å². The van der Waals surface area contributed by atoms with Crippen LogP contribution in [0.2, 0.25) is 0 Å². The van der Waals surface area contributed by atoms with Crippen LogP contribution < -0.4 is 10.6 Å². The number of fused-ring (bicyclic) bond motifs is 1. The lowest BCUT2D eigenvalue weighted by atomic mass is 9.81. The monoisotopic (exact) mass is 583 g/mol. The maximum Gasteiger partial charge on any atom is 0.389 e.